The molecule has 0 N–H and O–H groups in total. The van der Waals surface area contributed by atoms with Crippen LogP contribution in [-0.2, 0) is 9.47 Å². The first-order valence-corrected chi connectivity index (χ1v) is 12.2. The largest absolute Gasteiger partial charge is 0.461 e. The fourth-order valence-corrected chi connectivity index (χ4v) is 5.59. The molecule has 1 aromatic carbocycles. The molecule has 0 spiro atoms. The van der Waals surface area contributed by atoms with E-state index in [1.165, 1.54) is 0 Å². The van der Waals surface area contributed by atoms with E-state index in [2.05, 4.69) is 55.4 Å². The van der Waals surface area contributed by atoms with Crippen molar-refractivity contribution in [2.45, 2.75) is 81.1 Å². The molecule has 0 unspecified atom stereocenters. The van der Waals surface area contributed by atoms with Crippen LogP contribution in [0.3, 0.4) is 0 Å². The van der Waals surface area contributed by atoms with Crippen molar-refractivity contribution in [1.29, 1.82) is 0 Å². The maximum absolute atomic E-state index is 13.0. The summed E-state index contributed by atoms with van der Waals surface area (Å²) in [6, 6.07) is 6.85. The van der Waals surface area contributed by atoms with Crippen LogP contribution in [0, 0.1) is 33.5 Å². The second-order valence-corrected chi connectivity index (χ2v) is 12.1. The van der Waals surface area contributed by atoms with Gasteiger partial charge in [-0.2, -0.15) is 0 Å². The number of esters is 2. The molecule has 0 aliphatic heterocycles. The summed E-state index contributed by atoms with van der Waals surface area (Å²) in [4.78, 5) is 26.0. The summed E-state index contributed by atoms with van der Waals surface area (Å²) < 4.78 is 11.6. The maximum Gasteiger partial charge on any atom is 0.339 e. The van der Waals surface area contributed by atoms with Crippen molar-refractivity contribution < 1.29 is 19.1 Å². The third kappa shape index (κ3) is 4.10. The van der Waals surface area contributed by atoms with E-state index in [1.54, 1.807) is 24.3 Å². The molecule has 0 aromatic heterocycles. The van der Waals surface area contributed by atoms with Crippen molar-refractivity contribution >= 4 is 11.9 Å². The van der Waals surface area contributed by atoms with E-state index >= 15 is 0 Å². The highest BCUT2D eigenvalue weighted by molar-refractivity contribution is 6.03. The Morgan fingerprint density at radius 1 is 0.750 bits per heavy atom. The first-order valence-electron chi connectivity index (χ1n) is 12.2. The van der Waals surface area contributed by atoms with Crippen molar-refractivity contribution in [3.05, 3.63) is 35.4 Å². The summed E-state index contributed by atoms with van der Waals surface area (Å²) in [5, 5.41) is 0. The molecular weight excluding hydrogens is 400 g/mol. The van der Waals surface area contributed by atoms with E-state index in [0.717, 1.165) is 25.7 Å². The molecule has 3 rings (SSSR count). The SMILES string of the molecule is C[C@H]1CC[C@@](C)(COC(=O)c2ccccc2C(=O)OC[C@@]2(C)CC[C@H](C)C2(C)C)C1(C)C. The third-order valence-electron chi connectivity index (χ3n) is 10.2. The standard InChI is InChI=1S/C28H42O4/c1-19-13-15-27(7,25(19,3)4)17-31-23(29)21-11-9-10-12-22(21)24(30)32-18-28(8)16-14-20(2)26(28,5)6/h9-12,19-20H,13-18H2,1-8H3/t19-,20-,27-,28+/m0/s1. The van der Waals surface area contributed by atoms with Crippen molar-refractivity contribution in [3.63, 3.8) is 0 Å². The summed E-state index contributed by atoms with van der Waals surface area (Å²) in [6.45, 7) is 18.7. The minimum absolute atomic E-state index is 0.0725. The Morgan fingerprint density at radius 3 is 1.38 bits per heavy atom. The van der Waals surface area contributed by atoms with E-state index in [9.17, 15) is 9.59 Å². The molecule has 2 fully saturated rings. The average molecular weight is 443 g/mol. The van der Waals surface area contributed by atoms with Crippen LogP contribution in [0.1, 0.15) is 102 Å². The van der Waals surface area contributed by atoms with Crippen molar-refractivity contribution in [2.75, 3.05) is 13.2 Å². The Kier molecular flexibility index (Phi) is 6.59. The number of rotatable bonds is 6. The summed E-state index contributed by atoms with van der Waals surface area (Å²) in [7, 11) is 0. The zero-order chi connectivity index (χ0) is 23.9. The summed E-state index contributed by atoms with van der Waals surface area (Å²) in [5.74, 6) is 0.264. The summed E-state index contributed by atoms with van der Waals surface area (Å²) in [6.07, 6.45) is 4.34. The van der Waals surface area contributed by atoms with Gasteiger partial charge in [0.2, 0.25) is 0 Å². The Balaban J connectivity index is 1.69. The van der Waals surface area contributed by atoms with Gasteiger partial charge in [0.25, 0.3) is 0 Å². The summed E-state index contributed by atoms with van der Waals surface area (Å²) >= 11 is 0. The Hall–Kier alpha value is -1.84. The van der Waals surface area contributed by atoms with E-state index in [0.29, 0.717) is 25.0 Å². The number of benzene rings is 1. The van der Waals surface area contributed by atoms with E-state index < -0.39 is 11.9 Å². The van der Waals surface area contributed by atoms with Gasteiger partial charge in [0.05, 0.1) is 24.3 Å². The number of hydrogen-bond acceptors (Lipinski definition) is 4. The van der Waals surface area contributed by atoms with Crippen LogP contribution in [0.5, 0.6) is 0 Å². The molecule has 0 amide bonds. The molecule has 0 saturated heterocycles. The predicted molar refractivity (Wildman–Crippen MR) is 128 cm³/mol. The topological polar surface area (TPSA) is 52.6 Å². The van der Waals surface area contributed by atoms with Gasteiger partial charge in [0.15, 0.2) is 0 Å². The first-order chi connectivity index (χ1) is 14.8. The van der Waals surface area contributed by atoms with Gasteiger partial charge in [-0.1, -0.05) is 67.5 Å². The van der Waals surface area contributed by atoms with Crippen LogP contribution >= 0.6 is 0 Å². The molecule has 4 atom stereocenters. The van der Waals surface area contributed by atoms with Crippen molar-refractivity contribution in [1.82, 2.24) is 0 Å². The van der Waals surface area contributed by atoms with Gasteiger partial charge >= 0.3 is 11.9 Å². The lowest BCUT2D eigenvalue weighted by Crippen LogP contribution is -2.38. The van der Waals surface area contributed by atoms with Gasteiger partial charge in [-0.15, -0.1) is 0 Å². The smallest absolute Gasteiger partial charge is 0.339 e. The molecule has 4 heteroatoms. The highest BCUT2D eigenvalue weighted by atomic mass is 16.5. The highest BCUT2D eigenvalue weighted by Gasteiger charge is 2.51. The Labute approximate surface area is 194 Å². The van der Waals surface area contributed by atoms with Crippen LogP contribution < -0.4 is 0 Å². The molecule has 0 bridgehead atoms. The minimum Gasteiger partial charge on any atom is -0.461 e. The van der Waals surface area contributed by atoms with Crippen LogP contribution in [0.4, 0.5) is 0 Å². The Morgan fingerprint density at radius 2 is 1.09 bits per heavy atom. The number of carbonyl (C=O) groups is 2. The van der Waals surface area contributed by atoms with Crippen molar-refractivity contribution in [3.8, 4) is 0 Å². The normalized spacial score (nSPS) is 33.1. The quantitative estimate of drug-likeness (QED) is 0.448. The van der Waals surface area contributed by atoms with Crippen LogP contribution in [0.25, 0.3) is 0 Å². The molecule has 4 nitrogen and oxygen atoms in total. The fraction of sp³-hybridized carbons (Fsp3) is 0.714. The Bertz CT molecular complexity index is 799. The van der Waals surface area contributed by atoms with Crippen LogP contribution in [0.2, 0.25) is 0 Å². The van der Waals surface area contributed by atoms with Gasteiger partial charge in [0, 0.05) is 10.8 Å². The lowest BCUT2D eigenvalue weighted by atomic mass is 9.66. The van der Waals surface area contributed by atoms with Crippen LogP contribution in [-0.4, -0.2) is 25.2 Å². The zero-order valence-corrected chi connectivity index (χ0v) is 21.3. The second-order valence-electron chi connectivity index (χ2n) is 12.1. The van der Waals surface area contributed by atoms with Crippen molar-refractivity contribution in [2.24, 2.45) is 33.5 Å². The molecule has 0 heterocycles. The lowest BCUT2D eigenvalue weighted by Gasteiger charge is -2.40. The highest BCUT2D eigenvalue weighted by Crippen LogP contribution is 2.56. The monoisotopic (exact) mass is 442 g/mol. The number of carbonyl (C=O) groups excluding carboxylic acids is 2. The van der Waals surface area contributed by atoms with Gasteiger partial charge in [-0.3, -0.25) is 0 Å². The molecule has 1 aromatic rings. The minimum atomic E-state index is -0.449. The molecular formula is C28H42O4. The van der Waals surface area contributed by atoms with Gasteiger partial charge in [-0.05, 0) is 60.5 Å². The second kappa shape index (κ2) is 8.50. The fourth-order valence-electron chi connectivity index (χ4n) is 5.59. The average Bonchev–Trinajstić information content (AvgIpc) is 3.09. The van der Waals surface area contributed by atoms with E-state index in [-0.39, 0.29) is 32.8 Å². The van der Waals surface area contributed by atoms with Gasteiger partial charge < -0.3 is 9.47 Å². The third-order valence-corrected chi connectivity index (χ3v) is 10.2. The molecule has 32 heavy (non-hydrogen) atoms. The molecule has 2 aliphatic carbocycles. The molecule has 2 aliphatic rings. The van der Waals surface area contributed by atoms with E-state index in [1.807, 2.05) is 0 Å². The van der Waals surface area contributed by atoms with E-state index in [4.69, 9.17) is 9.47 Å². The molecule has 178 valence electrons. The lowest BCUT2D eigenvalue weighted by molar-refractivity contribution is -0.00643. The zero-order valence-electron chi connectivity index (χ0n) is 21.3. The first kappa shape index (κ1) is 24.8. The van der Waals surface area contributed by atoms with Crippen LogP contribution in [0.15, 0.2) is 24.3 Å². The van der Waals surface area contributed by atoms with Gasteiger partial charge in [-0.25, -0.2) is 9.59 Å². The number of hydrogen-bond donors (Lipinski definition) is 0. The molecule has 2 saturated carbocycles. The maximum atomic E-state index is 13.0. The summed E-state index contributed by atoms with van der Waals surface area (Å²) in [5.41, 5.74) is 0.607. The van der Waals surface area contributed by atoms with Gasteiger partial charge in [0.1, 0.15) is 0 Å². The number of ether oxygens (including phenoxy) is 2. The predicted octanol–water partition coefficient (Wildman–Crippen LogP) is 6.93. The molecule has 0 radical (unpaired) electrons.